The smallest absolute Gasteiger partial charge is 0.433 e. The molecule has 1 aromatic heterocycles. The van der Waals surface area contributed by atoms with E-state index in [9.17, 15) is 22.8 Å². The van der Waals surface area contributed by atoms with Crippen LogP contribution >= 0.6 is 0 Å². The Morgan fingerprint density at radius 2 is 1.73 bits per heavy atom. The van der Waals surface area contributed by atoms with E-state index >= 15 is 0 Å². The average molecular weight is 383 g/mol. The molecule has 0 fully saturated rings. The molecule has 1 rings (SSSR count). The topological polar surface area (TPSA) is 114 Å². The molecule has 1 atom stereocenters. The van der Waals surface area contributed by atoms with E-state index in [0.717, 1.165) is 13.2 Å². The monoisotopic (exact) mass is 383 g/mol. The lowest BCUT2D eigenvalue weighted by Gasteiger charge is -2.26. The van der Waals surface area contributed by atoms with Gasteiger partial charge in [-0.05, 0) is 13.8 Å². The fraction of sp³-hybridized carbons (Fsp3) is 0.643. The molecule has 0 aliphatic heterocycles. The number of carbonyl (C=O) groups excluding carboxylic acids is 2. The lowest BCUT2D eigenvalue weighted by atomic mass is 9.85. The van der Waals surface area contributed by atoms with Crippen molar-refractivity contribution in [2.45, 2.75) is 25.9 Å². The standard InChI is InChI=1S/C14H20F3N3O6/c1-4-25-12(21)10(13(22)26-5-2)9(7-20(23)24)8-6-18-19(3)11(8)14(15,16)17/h6,9-10,23-24H,4-5,7H2,1-3H3/t9-/m1/s1. The zero-order chi connectivity index (χ0) is 20.1. The van der Waals surface area contributed by atoms with Crippen LogP contribution in [0.15, 0.2) is 6.20 Å². The molecular formula is C14H20F3N3O6. The number of aromatic nitrogens is 2. The molecule has 0 saturated carbocycles. The SMILES string of the molecule is CCOC(=O)C(C(=O)OCC)[C@H](CN(O)O)c1cnn(C)c1C(F)(F)F. The van der Waals surface area contributed by atoms with Crippen LogP contribution in [0.1, 0.15) is 31.0 Å². The van der Waals surface area contributed by atoms with Crippen molar-refractivity contribution in [2.75, 3.05) is 19.8 Å². The van der Waals surface area contributed by atoms with Crippen molar-refractivity contribution < 1.29 is 42.6 Å². The van der Waals surface area contributed by atoms with Crippen molar-refractivity contribution >= 4 is 11.9 Å². The lowest BCUT2D eigenvalue weighted by Crippen LogP contribution is -2.39. The summed E-state index contributed by atoms with van der Waals surface area (Å²) < 4.78 is 50.1. The molecule has 9 nitrogen and oxygen atoms in total. The van der Waals surface area contributed by atoms with Crippen LogP contribution in [0, 0.1) is 5.92 Å². The zero-order valence-electron chi connectivity index (χ0n) is 14.4. The molecule has 12 heteroatoms. The van der Waals surface area contributed by atoms with Crippen LogP contribution in [0.4, 0.5) is 13.2 Å². The lowest BCUT2D eigenvalue weighted by molar-refractivity contribution is -0.309. The molecule has 26 heavy (non-hydrogen) atoms. The molecule has 0 aliphatic carbocycles. The Kier molecular flexibility index (Phi) is 7.54. The first-order valence-corrected chi connectivity index (χ1v) is 7.62. The normalized spacial score (nSPS) is 13.2. The molecule has 0 unspecified atom stereocenters. The summed E-state index contributed by atoms with van der Waals surface area (Å²) in [6, 6.07) is 0. The van der Waals surface area contributed by atoms with E-state index < -0.39 is 53.0 Å². The maximum Gasteiger partial charge on any atom is 0.433 e. The molecule has 0 bridgehead atoms. The van der Waals surface area contributed by atoms with Gasteiger partial charge in [-0.2, -0.15) is 18.3 Å². The Bertz CT molecular complexity index is 614. The Morgan fingerprint density at radius 1 is 1.23 bits per heavy atom. The first-order valence-electron chi connectivity index (χ1n) is 7.62. The van der Waals surface area contributed by atoms with E-state index in [1.165, 1.54) is 13.8 Å². The highest BCUT2D eigenvalue weighted by Gasteiger charge is 2.46. The molecule has 1 aromatic rings. The summed E-state index contributed by atoms with van der Waals surface area (Å²) in [6.07, 6.45) is -4.05. The van der Waals surface area contributed by atoms with Gasteiger partial charge in [-0.15, -0.1) is 0 Å². The number of alkyl halides is 3. The predicted octanol–water partition coefficient (Wildman–Crippen LogP) is 1.35. The van der Waals surface area contributed by atoms with Gasteiger partial charge in [0.2, 0.25) is 0 Å². The number of ether oxygens (including phenoxy) is 2. The Morgan fingerprint density at radius 3 is 2.12 bits per heavy atom. The predicted molar refractivity (Wildman–Crippen MR) is 78.0 cm³/mol. The van der Waals surface area contributed by atoms with Gasteiger partial charge in [-0.3, -0.25) is 24.7 Å². The highest BCUT2D eigenvalue weighted by atomic mass is 19.4. The number of carbonyl (C=O) groups is 2. The molecule has 148 valence electrons. The van der Waals surface area contributed by atoms with Crippen LogP contribution in [-0.4, -0.2) is 57.1 Å². The Hall–Kier alpha value is -2.18. The van der Waals surface area contributed by atoms with E-state index in [0.29, 0.717) is 4.68 Å². The highest BCUT2D eigenvalue weighted by Crippen LogP contribution is 2.38. The number of rotatable bonds is 8. The highest BCUT2D eigenvalue weighted by molar-refractivity contribution is 5.96. The minimum absolute atomic E-state index is 0.136. The van der Waals surface area contributed by atoms with Crippen molar-refractivity contribution in [2.24, 2.45) is 13.0 Å². The molecule has 1 heterocycles. The van der Waals surface area contributed by atoms with Crippen LogP contribution < -0.4 is 0 Å². The van der Waals surface area contributed by atoms with E-state index in [2.05, 4.69) is 5.10 Å². The van der Waals surface area contributed by atoms with Gasteiger partial charge in [0.1, 0.15) is 5.69 Å². The molecule has 0 aliphatic rings. The van der Waals surface area contributed by atoms with E-state index in [4.69, 9.17) is 19.9 Å². The second-order valence-corrected chi connectivity index (χ2v) is 5.21. The van der Waals surface area contributed by atoms with Crippen LogP contribution in [0.3, 0.4) is 0 Å². The maximum absolute atomic E-state index is 13.4. The molecule has 2 N–H and O–H groups in total. The quantitative estimate of drug-likeness (QED) is 0.393. The second-order valence-electron chi connectivity index (χ2n) is 5.21. The summed E-state index contributed by atoms with van der Waals surface area (Å²) in [5, 5.41) is 21.4. The molecule has 0 spiro atoms. The molecule has 0 saturated heterocycles. The number of halogens is 3. The first kappa shape index (κ1) is 21.9. The van der Waals surface area contributed by atoms with E-state index in [1.54, 1.807) is 0 Å². The van der Waals surface area contributed by atoms with E-state index in [-0.39, 0.29) is 13.2 Å². The number of hydrogen-bond acceptors (Lipinski definition) is 8. The third kappa shape index (κ3) is 5.16. The largest absolute Gasteiger partial charge is 0.465 e. The number of esters is 2. The van der Waals surface area contributed by atoms with Gasteiger partial charge in [0.25, 0.3) is 0 Å². The van der Waals surface area contributed by atoms with Crippen molar-refractivity contribution in [3.8, 4) is 0 Å². The minimum Gasteiger partial charge on any atom is -0.465 e. The fourth-order valence-electron chi connectivity index (χ4n) is 2.52. The number of aryl methyl sites for hydroxylation is 1. The van der Waals surface area contributed by atoms with Crippen molar-refractivity contribution in [3.63, 3.8) is 0 Å². The van der Waals surface area contributed by atoms with Crippen LogP contribution in [-0.2, 0) is 32.3 Å². The third-order valence-electron chi connectivity index (χ3n) is 3.48. The van der Waals surface area contributed by atoms with Gasteiger partial charge in [0.05, 0.1) is 26.0 Å². The summed E-state index contributed by atoms with van der Waals surface area (Å²) >= 11 is 0. The van der Waals surface area contributed by atoms with Gasteiger partial charge in [0, 0.05) is 18.5 Å². The summed E-state index contributed by atoms with van der Waals surface area (Å²) in [4.78, 5) is 24.4. The fourth-order valence-corrected chi connectivity index (χ4v) is 2.52. The third-order valence-corrected chi connectivity index (χ3v) is 3.48. The van der Waals surface area contributed by atoms with Crippen LogP contribution in [0.2, 0.25) is 0 Å². The zero-order valence-corrected chi connectivity index (χ0v) is 14.4. The van der Waals surface area contributed by atoms with Gasteiger partial charge >= 0.3 is 18.1 Å². The molecule has 0 radical (unpaired) electrons. The molecule has 0 aromatic carbocycles. The van der Waals surface area contributed by atoms with Gasteiger partial charge < -0.3 is 9.47 Å². The van der Waals surface area contributed by atoms with Gasteiger partial charge in [-0.1, -0.05) is 5.23 Å². The van der Waals surface area contributed by atoms with E-state index in [1.807, 2.05) is 0 Å². The summed E-state index contributed by atoms with van der Waals surface area (Å²) in [5.74, 6) is -5.76. The summed E-state index contributed by atoms with van der Waals surface area (Å²) in [6.45, 7) is 1.73. The van der Waals surface area contributed by atoms with Crippen molar-refractivity contribution in [3.05, 3.63) is 17.5 Å². The van der Waals surface area contributed by atoms with Gasteiger partial charge in [0.15, 0.2) is 5.92 Å². The van der Waals surface area contributed by atoms with Crippen LogP contribution in [0.5, 0.6) is 0 Å². The van der Waals surface area contributed by atoms with Crippen LogP contribution in [0.25, 0.3) is 0 Å². The first-order chi connectivity index (χ1) is 12.0. The summed E-state index contributed by atoms with van der Waals surface area (Å²) in [5.41, 5.74) is -1.80. The second kappa shape index (κ2) is 8.96. The van der Waals surface area contributed by atoms with Gasteiger partial charge in [-0.25, -0.2) is 0 Å². The molecule has 0 amide bonds. The Balaban J connectivity index is 3.51. The number of nitrogens with zero attached hydrogens (tertiary/aromatic N) is 3. The number of hydrogen-bond donors (Lipinski definition) is 2. The van der Waals surface area contributed by atoms with Crippen molar-refractivity contribution in [1.82, 2.24) is 15.0 Å². The number of hydroxylamine groups is 2. The minimum atomic E-state index is -4.86. The molecular weight excluding hydrogens is 363 g/mol. The Labute approximate surface area is 146 Å². The average Bonchev–Trinajstić information content (AvgIpc) is 2.88. The maximum atomic E-state index is 13.4. The summed E-state index contributed by atoms with van der Waals surface area (Å²) in [7, 11) is 1.03. The van der Waals surface area contributed by atoms with Crippen molar-refractivity contribution in [1.29, 1.82) is 0 Å².